The van der Waals surface area contributed by atoms with Gasteiger partial charge in [-0.2, -0.15) is 0 Å². The molecule has 2 heterocycles. The van der Waals surface area contributed by atoms with Crippen molar-refractivity contribution in [1.29, 1.82) is 0 Å². The first-order valence-electron chi connectivity index (χ1n) is 12.6. The number of carbonyl (C=O) groups is 2. The molecular formula is C29H42N4O3. The maximum absolute atomic E-state index is 12.4. The predicted molar refractivity (Wildman–Crippen MR) is 146 cm³/mol. The zero-order chi connectivity index (χ0) is 25.1. The zero-order valence-electron chi connectivity index (χ0n) is 21.6. The Morgan fingerprint density at radius 1 is 1.03 bits per heavy atom. The smallest absolute Gasteiger partial charge is 0.407 e. The highest BCUT2D eigenvalue weighted by molar-refractivity contribution is 5.94. The molecule has 2 aliphatic heterocycles. The van der Waals surface area contributed by atoms with Crippen molar-refractivity contribution in [2.24, 2.45) is 0 Å². The molecule has 2 aromatic rings. The summed E-state index contributed by atoms with van der Waals surface area (Å²) in [4.78, 5) is 31.5. The number of fused-ring (bicyclic) bond motifs is 1. The second kappa shape index (κ2) is 11.9. The van der Waals surface area contributed by atoms with Gasteiger partial charge in [-0.25, -0.2) is 4.79 Å². The van der Waals surface area contributed by atoms with E-state index in [0.29, 0.717) is 6.42 Å². The predicted octanol–water partition coefficient (Wildman–Crippen LogP) is 5.06. The van der Waals surface area contributed by atoms with Crippen molar-refractivity contribution < 1.29 is 14.3 Å². The summed E-state index contributed by atoms with van der Waals surface area (Å²) in [5.74, 6) is 0.00275. The van der Waals surface area contributed by atoms with Gasteiger partial charge in [-0.05, 0) is 68.6 Å². The van der Waals surface area contributed by atoms with Crippen molar-refractivity contribution in [3.8, 4) is 11.1 Å². The number of carbonyl (C=O) groups excluding carboxylic acids is 2. The van der Waals surface area contributed by atoms with Crippen LogP contribution in [0.4, 0.5) is 10.5 Å². The molecule has 0 aliphatic carbocycles. The van der Waals surface area contributed by atoms with Crippen LogP contribution in [-0.2, 0) is 16.1 Å². The van der Waals surface area contributed by atoms with Crippen LogP contribution in [0.15, 0.2) is 42.5 Å². The molecule has 2 amide bonds. The van der Waals surface area contributed by atoms with Gasteiger partial charge in [0, 0.05) is 51.4 Å². The van der Waals surface area contributed by atoms with Crippen LogP contribution in [0.1, 0.15) is 58.7 Å². The molecule has 0 aromatic heterocycles. The topological polar surface area (TPSA) is 65.1 Å². The van der Waals surface area contributed by atoms with Crippen molar-refractivity contribution >= 4 is 17.7 Å². The summed E-state index contributed by atoms with van der Waals surface area (Å²) >= 11 is 0. The number of hydrogen-bond donors (Lipinski definition) is 1. The highest BCUT2D eigenvalue weighted by Crippen LogP contribution is 2.39. The van der Waals surface area contributed by atoms with Crippen LogP contribution in [0.25, 0.3) is 11.1 Å². The molecule has 0 unspecified atom stereocenters. The van der Waals surface area contributed by atoms with Crippen molar-refractivity contribution in [3.63, 3.8) is 0 Å². The SMILES string of the molecule is C.CC(=O)N1c2ccc(-c3ccc(CN4CCN(C)CC4)cc3)cc2[C@H](NC(=O)OC(C)C)C[C@@H]1C. The normalized spacial score (nSPS) is 20.4. The number of nitrogens with zero attached hydrogens (tertiary/aromatic N) is 3. The molecular weight excluding hydrogens is 452 g/mol. The van der Waals surface area contributed by atoms with E-state index < -0.39 is 6.09 Å². The quantitative estimate of drug-likeness (QED) is 0.630. The Morgan fingerprint density at radius 3 is 2.28 bits per heavy atom. The van der Waals surface area contributed by atoms with Crippen LogP contribution in [0.2, 0.25) is 0 Å². The average molecular weight is 495 g/mol. The van der Waals surface area contributed by atoms with Gasteiger partial charge in [0.05, 0.1) is 12.1 Å². The molecule has 0 bridgehead atoms. The molecule has 0 radical (unpaired) electrons. The van der Waals surface area contributed by atoms with E-state index in [9.17, 15) is 9.59 Å². The lowest BCUT2D eigenvalue weighted by molar-refractivity contribution is -0.117. The third-order valence-corrected chi connectivity index (χ3v) is 6.94. The van der Waals surface area contributed by atoms with E-state index in [1.54, 1.807) is 6.92 Å². The second-order valence-corrected chi connectivity index (χ2v) is 10.2. The van der Waals surface area contributed by atoms with Gasteiger partial charge in [-0.15, -0.1) is 0 Å². The van der Waals surface area contributed by atoms with Crippen LogP contribution in [0.5, 0.6) is 0 Å². The fourth-order valence-electron chi connectivity index (χ4n) is 5.12. The highest BCUT2D eigenvalue weighted by atomic mass is 16.6. The lowest BCUT2D eigenvalue weighted by Crippen LogP contribution is -2.45. The lowest BCUT2D eigenvalue weighted by atomic mass is 9.89. The molecule has 7 nitrogen and oxygen atoms in total. The van der Waals surface area contributed by atoms with Gasteiger partial charge in [-0.3, -0.25) is 9.69 Å². The van der Waals surface area contributed by atoms with Gasteiger partial charge in [0.1, 0.15) is 0 Å². The minimum absolute atomic E-state index is 0. The van der Waals surface area contributed by atoms with Crippen LogP contribution in [-0.4, -0.2) is 67.2 Å². The van der Waals surface area contributed by atoms with E-state index in [-0.39, 0.29) is 31.5 Å². The summed E-state index contributed by atoms with van der Waals surface area (Å²) in [6, 6.07) is 14.6. The van der Waals surface area contributed by atoms with Crippen molar-refractivity contribution in [2.75, 3.05) is 38.1 Å². The minimum Gasteiger partial charge on any atom is -0.447 e. The number of ether oxygens (including phenoxy) is 1. The minimum atomic E-state index is -0.432. The number of anilines is 1. The van der Waals surface area contributed by atoms with E-state index in [0.717, 1.165) is 55.1 Å². The molecule has 2 atom stereocenters. The first-order chi connectivity index (χ1) is 16.7. The third-order valence-electron chi connectivity index (χ3n) is 6.94. The molecule has 2 aromatic carbocycles. The number of alkyl carbamates (subject to hydrolysis) is 1. The van der Waals surface area contributed by atoms with Gasteiger partial charge in [0.15, 0.2) is 0 Å². The van der Waals surface area contributed by atoms with E-state index in [1.807, 2.05) is 31.7 Å². The number of likely N-dealkylation sites (N-methyl/N-ethyl adjacent to an activating group) is 1. The van der Waals surface area contributed by atoms with Crippen LogP contribution < -0.4 is 10.2 Å². The number of nitrogens with one attached hydrogen (secondary N) is 1. The second-order valence-electron chi connectivity index (χ2n) is 10.2. The first kappa shape index (κ1) is 27.7. The molecule has 2 aliphatic rings. The molecule has 1 saturated heterocycles. The maximum Gasteiger partial charge on any atom is 0.407 e. The number of hydrogen-bond acceptors (Lipinski definition) is 5. The maximum atomic E-state index is 12.4. The Kier molecular flexibility index (Phi) is 9.14. The number of rotatable bonds is 5. The van der Waals surface area contributed by atoms with E-state index in [4.69, 9.17) is 4.74 Å². The highest BCUT2D eigenvalue weighted by Gasteiger charge is 2.33. The first-order valence-corrected chi connectivity index (χ1v) is 12.6. The summed E-state index contributed by atoms with van der Waals surface area (Å²) in [5.41, 5.74) is 5.28. The molecule has 36 heavy (non-hydrogen) atoms. The fraction of sp³-hybridized carbons (Fsp3) is 0.517. The van der Waals surface area contributed by atoms with Gasteiger partial charge in [-0.1, -0.05) is 37.8 Å². The lowest BCUT2D eigenvalue weighted by Gasteiger charge is -2.39. The van der Waals surface area contributed by atoms with Gasteiger partial charge >= 0.3 is 6.09 Å². The van der Waals surface area contributed by atoms with Gasteiger partial charge < -0.3 is 19.9 Å². The Bertz CT molecular complexity index is 1040. The number of amides is 2. The average Bonchev–Trinajstić information content (AvgIpc) is 2.80. The largest absolute Gasteiger partial charge is 0.447 e. The Morgan fingerprint density at radius 2 is 1.67 bits per heavy atom. The molecule has 1 N–H and O–H groups in total. The monoisotopic (exact) mass is 494 g/mol. The van der Waals surface area contributed by atoms with Crippen LogP contribution >= 0.6 is 0 Å². The molecule has 0 spiro atoms. The number of piperazine rings is 1. The number of benzene rings is 2. The molecule has 4 rings (SSSR count). The molecule has 1 fully saturated rings. The summed E-state index contributed by atoms with van der Waals surface area (Å²) < 4.78 is 5.34. The standard InChI is InChI=1S/C28H38N4O3.CH4/c1-19(2)35-28(34)29-26-16-20(3)32(21(4)33)27-11-10-24(17-25(26)27)23-8-6-22(7-9-23)18-31-14-12-30(5)13-15-31;/h6-11,17,19-20,26H,12-16,18H2,1-5H3,(H,29,34);1H4/t20-,26+;/m0./s1. The van der Waals surface area contributed by atoms with Crippen molar-refractivity contribution in [3.05, 3.63) is 53.6 Å². The van der Waals surface area contributed by atoms with Crippen molar-refractivity contribution in [1.82, 2.24) is 15.1 Å². The molecule has 7 heteroatoms. The third kappa shape index (κ3) is 6.45. The fourth-order valence-corrected chi connectivity index (χ4v) is 5.12. The Balaban J connectivity index is 0.00000361. The van der Waals surface area contributed by atoms with Crippen LogP contribution in [0.3, 0.4) is 0 Å². The zero-order valence-corrected chi connectivity index (χ0v) is 21.6. The van der Waals surface area contributed by atoms with Gasteiger partial charge in [0.25, 0.3) is 0 Å². The molecule has 196 valence electrons. The Hall–Kier alpha value is -2.90. The van der Waals surface area contributed by atoms with E-state index in [2.05, 4.69) is 58.6 Å². The molecule has 0 saturated carbocycles. The van der Waals surface area contributed by atoms with E-state index >= 15 is 0 Å². The Labute approximate surface area is 216 Å². The summed E-state index contributed by atoms with van der Waals surface area (Å²) in [6.45, 7) is 12.7. The summed E-state index contributed by atoms with van der Waals surface area (Å²) in [6.07, 6.45) is 0.00527. The summed E-state index contributed by atoms with van der Waals surface area (Å²) in [7, 11) is 2.17. The van der Waals surface area contributed by atoms with Crippen LogP contribution in [0, 0.1) is 0 Å². The van der Waals surface area contributed by atoms with Crippen molar-refractivity contribution in [2.45, 2.75) is 66.3 Å². The van der Waals surface area contributed by atoms with E-state index in [1.165, 1.54) is 5.56 Å². The van der Waals surface area contributed by atoms with Gasteiger partial charge in [0.2, 0.25) is 5.91 Å². The summed E-state index contributed by atoms with van der Waals surface area (Å²) in [5, 5.41) is 3.02.